The maximum absolute atomic E-state index is 11.1. The van der Waals surface area contributed by atoms with Crippen molar-refractivity contribution in [2.24, 2.45) is 10.9 Å². The number of methoxy groups -OCH3 is 1. The van der Waals surface area contributed by atoms with Crippen LogP contribution in [0.25, 0.3) is 0 Å². The third-order valence-electron chi connectivity index (χ3n) is 2.33. The third-order valence-corrected chi connectivity index (χ3v) is 3.23. The van der Waals surface area contributed by atoms with Crippen LogP contribution in [0.5, 0.6) is 0 Å². The van der Waals surface area contributed by atoms with Crippen molar-refractivity contribution in [2.75, 3.05) is 32.2 Å². The summed E-state index contributed by atoms with van der Waals surface area (Å²) in [4.78, 5) is 5.83. The van der Waals surface area contributed by atoms with E-state index in [-0.39, 0.29) is 10.9 Å². The van der Waals surface area contributed by atoms with Gasteiger partial charge in [-0.25, -0.2) is 18.5 Å². The molecule has 4 N–H and O–H groups in total. The second kappa shape index (κ2) is 6.10. The predicted octanol–water partition coefficient (Wildman–Crippen LogP) is -0.861. The van der Waals surface area contributed by atoms with E-state index >= 15 is 0 Å². The van der Waals surface area contributed by atoms with Crippen LogP contribution < -0.4 is 15.8 Å². The number of primary sulfonamides is 1. The molecule has 0 saturated carbocycles. The van der Waals surface area contributed by atoms with Crippen molar-refractivity contribution in [3.63, 3.8) is 0 Å². The Labute approximate surface area is 107 Å². The molecule has 1 unspecified atom stereocenters. The van der Waals surface area contributed by atoms with Crippen molar-refractivity contribution in [3.05, 3.63) is 18.3 Å². The normalized spacial score (nSPS) is 13.3. The Kier molecular flexibility index (Phi) is 5.03. The van der Waals surface area contributed by atoms with E-state index in [0.717, 1.165) is 0 Å². The highest BCUT2D eigenvalue weighted by atomic mass is 32.2. The van der Waals surface area contributed by atoms with Gasteiger partial charge in [0.25, 0.3) is 0 Å². The molecular weight excluding hydrogens is 256 g/mol. The number of nitrogens with two attached hydrogens (primary N) is 2. The number of hydrogen-bond donors (Lipinski definition) is 2. The van der Waals surface area contributed by atoms with Crippen molar-refractivity contribution in [1.29, 1.82) is 0 Å². The van der Waals surface area contributed by atoms with Crippen LogP contribution in [0.15, 0.2) is 23.2 Å². The van der Waals surface area contributed by atoms with Gasteiger partial charge in [0.15, 0.2) is 0 Å². The molecule has 102 valence electrons. The van der Waals surface area contributed by atoms with Gasteiger partial charge in [0.05, 0.1) is 6.61 Å². The van der Waals surface area contributed by atoms with E-state index in [2.05, 4.69) is 4.98 Å². The molecule has 1 aromatic rings. The molecule has 0 aliphatic heterocycles. The first-order valence-electron chi connectivity index (χ1n) is 5.29. The first kappa shape index (κ1) is 14.8. The van der Waals surface area contributed by atoms with Crippen LogP contribution >= 0.6 is 0 Å². The number of likely N-dealkylation sites (N-methyl/N-ethyl adjacent to an activating group) is 1. The maximum atomic E-state index is 11.1. The van der Waals surface area contributed by atoms with Crippen LogP contribution in [0.1, 0.15) is 0 Å². The Bertz CT molecular complexity index is 474. The molecule has 8 heteroatoms. The first-order valence-corrected chi connectivity index (χ1v) is 6.83. The molecule has 7 nitrogen and oxygen atoms in total. The number of anilines is 1. The quantitative estimate of drug-likeness (QED) is 0.698. The Balaban J connectivity index is 2.73. The highest BCUT2D eigenvalue weighted by Gasteiger charge is 2.11. The van der Waals surface area contributed by atoms with E-state index < -0.39 is 10.0 Å². The molecule has 0 aliphatic carbocycles. The summed E-state index contributed by atoms with van der Waals surface area (Å²) in [5.41, 5.74) is 5.81. The Morgan fingerprint density at radius 2 is 2.17 bits per heavy atom. The molecule has 1 atom stereocenters. The second-order valence-corrected chi connectivity index (χ2v) is 5.55. The van der Waals surface area contributed by atoms with Crippen LogP contribution in [-0.2, 0) is 14.8 Å². The molecule has 1 rings (SSSR count). The molecule has 0 aliphatic rings. The van der Waals surface area contributed by atoms with E-state index in [4.69, 9.17) is 15.6 Å². The summed E-state index contributed by atoms with van der Waals surface area (Å²) in [6, 6.07) is 2.86. The zero-order valence-corrected chi connectivity index (χ0v) is 11.2. The monoisotopic (exact) mass is 274 g/mol. The molecular formula is C10H18N4O3S. The standard InChI is InChI=1S/C10H18N4O3S/c1-14(6-8(11)7-17-2)10-4-3-9(5-13-10)18(12,15)16/h3-5,8H,6-7,11H2,1-2H3,(H2,12,15,16). The highest BCUT2D eigenvalue weighted by molar-refractivity contribution is 7.89. The van der Waals surface area contributed by atoms with Crippen LogP contribution in [0.3, 0.4) is 0 Å². The van der Waals surface area contributed by atoms with Gasteiger partial charge in [0.2, 0.25) is 10.0 Å². The van der Waals surface area contributed by atoms with Crippen LogP contribution in [0.2, 0.25) is 0 Å². The fourth-order valence-electron chi connectivity index (χ4n) is 1.48. The van der Waals surface area contributed by atoms with E-state index in [0.29, 0.717) is 19.0 Å². The summed E-state index contributed by atoms with van der Waals surface area (Å²) in [5, 5.41) is 4.99. The number of rotatable bonds is 6. The smallest absolute Gasteiger partial charge is 0.239 e. The van der Waals surface area contributed by atoms with Gasteiger partial charge in [-0.3, -0.25) is 0 Å². The molecule has 0 aromatic carbocycles. The minimum absolute atomic E-state index is 0.0131. The number of aromatic nitrogens is 1. The number of sulfonamides is 1. The summed E-state index contributed by atoms with van der Waals surface area (Å²) in [5.74, 6) is 0.619. The summed E-state index contributed by atoms with van der Waals surface area (Å²) in [6.45, 7) is 0.995. The minimum atomic E-state index is -3.70. The third kappa shape index (κ3) is 4.22. The van der Waals surface area contributed by atoms with Crippen molar-refractivity contribution in [3.8, 4) is 0 Å². The molecule has 0 bridgehead atoms. The van der Waals surface area contributed by atoms with Gasteiger partial charge in [-0.05, 0) is 12.1 Å². The van der Waals surface area contributed by atoms with Gasteiger partial charge in [-0.15, -0.1) is 0 Å². The Morgan fingerprint density at radius 3 is 2.61 bits per heavy atom. The molecule has 0 fully saturated rings. The predicted molar refractivity (Wildman–Crippen MR) is 68.7 cm³/mol. The summed E-state index contributed by atoms with van der Waals surface area (Å²) >= 11 is 0. The largest absolute Gasteiger partial charge is 0.383 e. The van der Waals surface area contributed by atoms with Gasteiger partial charge >= 0.3 is 0 Å². The van der Waals surface area contributed by atoms with E-state index in [1.54, 1.807) is 13.2 Å². The fourth-order valence-corrected chi connectivity index (χ4v) is 1.94. The first-order chi connectivity index (χ1) is 8.34. The Hall–Kier alpha value is -1.22. The number of ether oxygens (including phenoxy) is 1. The van der Waals surface area contributed by atoms with E-state index in [1.165, 1.54) is 12.3 Å². The van der Waals surface area contributed by atoms with Gasteiger partial charge < -0.3 is 15.4 Å². The molecule has 0 spiro atoms. The molecule has 0 amide bonds. The molecule has 0 saturated heterocycles. The minimum Gasteiger partial charge on any atom is -0.383 e. The molecule has 0 radical (unpaired) electrons. The van der Waals surface area contributed by atoms with Crippen molar-refractivity contribution in [2.45, 2.75) is 10.9 Å². The number of hydrogen-bond acceptors (Lipinski definition) is 6. The molecule has 18 heavy (non-hydrogen) atoms. The van der Waals surface area contributed by atoms with Crippen LogP contribution in [0, 0.1) is 0 Å². The van der Waals surface area contributed by atoms with Gasteiger partial charge in [0.1, 0.15) is 10.7 Å². The molecule has 1 aromatic heterocycles. The Morgan fingerprint density at radius 1 is 1.50 bits per heavy atom. The zero-order chi connectivity index (χ0) is 13.8. The SMILES string of the molecule is COCC(N)CN(C)c1ccc(S(N)(=O)=O)cn1. The van der Waals surface area contributed by atoms with Crippen LogP contribution in [0.4, 0.5) is 5.82 Å². The molecule has 1 heterocycles. The van der Waals surface area contributed by atoms with E-state index in [9.17, 15) is 8.42 Å². The summed E-state index contributed by atoms with van der Waals surface area (Å²) in [7, 11) is -0.306. The lowest BCUT2D eigenvalue weighted by molar-refractivity contribution is 0.181. The van der Waals surface area contributed by atoms with Crippen molar-refractivity contribution in [1.82, 2.24) is 4.98 Å². The summed E-state index contributed by atoms with van der Waals surface area (Å²) < 4.78 is 27.1. The second-order valence-electron chi connectivity index (χ2n) is 3.99. The van der Waals surface area contributed by atoms with Gasteiger partial charge in [-0.1, -0.05) is 0 Å². The van der Waals surface area contributed by atoms with E-state index in [1.807, 2.05) is 11.9 Å². The number of pyridine rings is 1. The fraction of sp³-hybridized carbons (Fsp3) is 0.500. The lowest BCUT2D eigenvalue weighted by Gasteiger charge is -2.21. The van der Waals surface area contributed by atoms with Crippen LogP contribution in [-0.4, -0.2) is 46.8 Å². The average Bonchev–Trinajstić information content (AvgIpc) is 2.28. The van der Waals surface area contributed by atoms with Crippen molar-refractivity contribution >= 4 is 15.8 Å². The number of nitrogens with zero attached hydrogens (tertiary/aromatic N) is 2. The zero-order valence-electron chi connectivity index (χ0n) is 10.4. The summed E-state index contributed by atoms with van der Waals surface area (Å²) in [6.07, 6.45) is 1.23. The van der Waals surface area contributed by atoms with Gasteiger partial charge in [0, 0.05) is 32.9 Å². The lowest BCUT2D eigenvalue weighted by Crippen LogP contribution is -2.38. The van der Waals surface area contributed by atoms with Crippen molar-refractivity contribution < 1.29 is 13.2 Å². The lowest BCUT2D eigenvalue weighted by atomic mass is 10.3. The topological polar surface area (TPSA) is 112 Å². The van der Waals surface area contributed by atoms with Gasteiger partial charge in [-0.2, -0.15) is 0 Å². The average molecular weight is 274 g/mol. The maximum Gasteiger partial charge on any atom is 0.239 e. The highest BCUT2D eigenvalue weighted by Crippen LogP contribution is 2.12.